The lowest BCUT2D eigenvalue weighted by molar-refractivity contribution is 0.171. The van der Waals surface area contributed by atoms with E-state index in [0.29, 0.717) is 41.7 Å². The predicted octanol–water partition coefficient (Wildman–Crippen LogP) is 2.52. The smallest absolute Gasteiger partial charge is 0.205 e. The van der Waals surface area contributed by atoms with E-state index in [9.17, 15) is 4.39 Å². The standard InChI is InChI=1S/C15H12FN3O2/c16-9-1-3-11-12(7-9)19(15(17)18-11)10-2-4-13-14(8-10)21-6-5-20-13/h1-4,7-8H,5-6H2,(H2,17,18). The van der Waals surface area contributed by atoms with Crippen LogP contribution in [0.2, 0.25) is 0 Å². The molecule has 21 heavy (non-hydrogen) atoms. The first-order chi connectivity index (χ1) is 10.2. The molecule has 0 atom stereocenters. The Hall–Kier alpha value is -2.76. The zero-order valence-corrected chi connectivity index (χ0v) is 11.0. The quantitative estimate of drug-likeness (QED) is 0.746. The van der Waals surface area contributed by atoms with E-state index in [1.807, 2.05) is 18.2 Å². The number of benzene rings is 2. The average molecular weight is 285 g/mol. The summed E-state index contributed by atoms with van der Waals surface area (Å²) in [6.45, 7) is 1.04. The van der Waals surface area contributed by atoms with Crippen LogP contribution in [0.5, 0.6) is 11.5 Å². The second-order valence-electron chi connectivity index (χ2n) is 4.77. The third-order valence-corrected chi connectivity index (χ3v) is 3.43. The van der Waals surface area contributed by atoms with Crippen molar-refractivity contribution in [3.05, 3.63) is 42.2 Å². The fourth-order valence-electron chi connectivity index (χ4n) is 2.51. The molecule has 0 saturated heterocycles. The first-order valence-corrected chi connectivity index (χ1v) is 6.56. The summed E-state index contributed by atoms with van der Waals surface area (Å²) in [5, 5.41) is 0. The molecule has 1 aliphatic rings. The molecule has 2 aromatic carbocycles. The first kappa shape index (κ1) is 12.0. The number of nitrogens with zero attached hydrogens (tertiary/aromatic N) is 2. The minimum Gasteiger partial charge on any atom is -0.486 e. The Morgan fingerprint density at radius 3 is 2.71 bits per heavy atom. The summed E-state index contributed by atoms with van der Waals surface area (Å²) in [5.74, 6) is 1.31. The molecule has 0 saturated carbocycles. The van der Waals surface area contributed by atoms with Gasteiger partial charge in [0.15, 0.2) is 11.5 Å². The van der Waals surface area contributed by atoms with E-state index in [4.69, 9.17) is 15.2 Å². The van der Waals surface area contributed by atoms with Gasteiger partial charge in [-0.3, -0.25) is 4.57 Å². The Morgan fingerprint density at radius 1 is 1.05 bits per heavy atom. The molecule has 3 aromatic rings. The Morgan fingerprint density at radius 2 is 1.86 bits per heavy atom. The number of nitrogen functional groups attached to an aromatic ring is 1. The molecule has 106 valence electrons. The van der Waals surface area contributed by atoms with Gasteiger partial charge >= 0.3 is 0 Å². The number of nitrogens with two attached hydrogens (primary N) is 1. The zero-order chi connectivity index (χ0) is 14.4. The van der Waals surface area contributed by atoms with Gasteiger partial charge in [-0.15, -0.1) is 0 Å². The van der Waals surface area contributed by atoms with Gasteiger partial charge in [0, 0.05) is 12.1 Å². The van der Waals surface area contributed by atoms with Gasteiger partial charge in [-0.25, -0.2) is 9.37 Å². The van der Waals surface area contributed by atoms with E-state index in [-0.39, 0.29) is 5.82 Å². The number of anilines is 1. The number of ether oxygens (including phenoxy) is 2. The van der Waals surface area contributed by atoms with E-state index in [1.165, 1.54) is 12.1 Å². The monoisotopic (exact) mass is 285 g/mol. The van der Waals surface area contributed by atoms with E-state index < -0.39 is 0 Å². The lowest BCUT2D eigenvalue weighted by Crippen LogP contribution is -2.15. The zero-order valence-electron chi connectivity index (χ0n) is 11.0. The van der Waals surface area contributed by atoms with Crippen LogP contribution in [0.1, 0.15) is 0 Å². The van der Waals surface area contributed by atoms with Crippen molar-refractivity contribution in [1.29, 1.82) is 0 Å². The second kappa shape index (κ2) is 4.37. The van der Waals surface area contributed by atoms with E-state index in [0.717, 1.165) is 5.69 Å². The Labute approximate surface area is 119 Å². The van der Waals surface area contributed by atoms with E-state index >= 15 is 0 Å². The molecule has 6 heteroatoms. The first-order valence-electron chi connectivity index (χ1n) is 6.56. The normalized spacial score (nSPS) is 13.6. The third kappa shape index (κ3) is 1.87. The van der Waals surface area contributed by atoms with Gasteiger partial charge in [0.25, 0.3) is 0 Å². The predicted molar refractivity (Wildman–Crippen MR) is 76.4 cm³/mol. The van der Waals surface area contributed by atoms with Crippen molar-refractivity contribution in [2.45, 2.75) is 0 Å². The molecule has 0 bridgehead atoms. The number of fused-ring (bicyclic) bond motifs is 2. The third-order valence-electron chi connectivity index (χ3n) is 3.43. The van der Waals surface area contributed by atoms with Crippen LogP contribution < -0.4 is 15.2 Å². The summed E-state index contributed by atoms with van der Waals surface area (Å²) in [4.78, 5) is 4.24. The lowest BCUT2D eigenvalue weighted by atomic mass is 10.2. The highest BCUT2D eigenvalue weighted by atomic mass is 19.1. The molecule has 0 fully saturated rings. The van der Waals surface area contributed by atoms with Crippen molar-refractivity contribution in [2.24, 2.45) is 0 Å². The van der Waals surface area contributed by atoms with Gasteiger partial charge in [-0.2, -0.15) is 0 Å². The van der Waals surface area contributed by atoms with Crippen LogP contribution in [-0.2, 0) is 0 Å². The van der Waals surface area contributed by atoms with Gasteiger partial charge < -0.3 is 15.2 Å². The average Bonchev–Trinajstić information content (AvgIpc) is 2.82. The maximum Gasteiger partial charge on any atom is 0.205 e. The maximum absolute atomic E-state index is 13.5. The SMILES string of the molecule is Nc1nc2ccc(F)cc2n1-c1ccc2c(c1)OCCO2. The van der Waals surface area contributed by atoms with Crippen LogP contribution >= 0.6 is 0 Å². The molecule has 0 radical (unpaired) electrons. The van der Waals surface area contributed by atoms with E-state index in [2.05, 4.69) is 4.98 Å². The molecule has 5 nitrogen and oxygen atoms in total. The highest BCUT2D eigenvalue weighted by molar-refractivity contribution is 5.81. The van der Waals surface area contributed by atoms with E-state index in [1.54, 1.807) is 10.6 Å². The minimum absolute atomic E-state index is 0.298. The maximum atomic E-state index is 13.5. The van der Waals surface area contributed by atoms with Crippen molar-refractivity contribution in [2.75, 3.05) is 18.9 Å². The van der Waals surface area contributed by atoms with Crippen LogP contribution in [0, 0.1) is 5.82 Å². The highest BCUT2D eigenvalue weighted by Gasteiger charge is 2.16. The summed E-state index contributed by atoms with van der Waals surface area (Å²) in [5.41, 5.74) is 7.98. The number of hydrogen-bond donors (Lipinski definition) is 1. The van der Waals surface area contributed by atoms with Gasteiger partial charge in [0.05, 0.1) is 16.7 Å². The molecule has 0 amide bonds. The Kier molecular flexibility index (Phi) is 2.50. The van der Waals surface area contributed by atoms with Crippen LogP contribution in [-0.4, -0.2) is 22.8 Å². The summed E-state index contributed by atoms with van der Waals surface area (Å²) < 4.78 is 26.2. The molecule has 1 aliphatic heterocycles. The summed E-state index contributed by atoms with van der Waals surface area (Å²) in [6, 6.07) is 9.86. The summed E-state index contributed by atoms with van der Waals surface area (Å²) in [6.07, 6.45) is 0. The molecule has 4 rings (SSSR count). The molecule has 2 N–H and O–H groups in total. The second-order valence-corrected chi connectivity index (χ2v) is 4.77. The van der Waals surface area contributed by atoms with Crippen LogP contribution in [0.15, 0.2) is 36.4 Å². The molecule has 2 heterocycles. The Bertz CT molecular complexity index is 844. The van der Waals surface area contributed by atoms with Crippen molar-refractivity contribution < 1.29 is 13.9 Å². The summed E-state index contributed by atoms with van der Waals surface area (Å²) in [7, 11) is 0. The van der Waals surface area contributed by atoms with Gasteiger partial charge in [-0.05, 0) is 24.3 Å². The van der Waals surface area contributed by atoms with Crippen molar-refractivity contribution in [3.8, 4) is 17.2 Å². The number of rotatable bonds is 1. The molecular weight excluding hydrogens is 273 g/mol. The largest absolute Gasteiger partial charge is 0.486 e. The lowest BCUT2D eigenvalue weighted by Gasteiger charge is -2.19. The van der Waals surface area contributed by atoms with Crippen LogP contribution in [0.3, 0.4) is 0 Å². The molecule has 0 spiro atoms. The van der Waals surface area contributed by atoms with Crippen LogP contribution in [0.4, 0.5) is 10.3 Å². The van der Waals surface area contributed by atoms with Crippen molar-refractivity contribution in [1.82, 2.24) is 9.55 Å². The number of imidazole rings is 1. The van der Waals surface area contributed by atoms with Crippen molar-refractivity contribution in [3.63, 3.8) is 0 Å². The molecule has 0 aliphatic carbocycles. The highest BCUT2D eigenvalue weighted by Crippen LogP contribution is 2.34. The summed E-state index contributed by atoms with van der Waals surface area (Å²) >= 11 is 0. The number of halogens is 1. The fraction of sp³-hybridized carbons (Fsp3) is 0.133. The van der Waals surface area contributed by atoms with Crippen LogP contribution in [0.25, 0.3) is 16.7 Å². The number of hydrogen-bond acceptors (Lipinski definition) is 4. The molecule has 1 aromatic heterocycles. The Balaban J connectivity index is 1.93. The topological polar surface area (TPSA) is 62.3 Å². The molecule has 0 unspecified atom stereocenters. The minimum atomic E-state index is -0.332. The van der Waals surface area contributed by atoms with Gasteiger partial charge in [-0.1, -0.05) is 0 Å². The van der Waals surface area contributed by atoms with Gasteiger partial charge in [0.2, 0.25) is 5.95 Å². The van der Waals surface area contributed by atoms with Gasteiger partial charge in [0.1, 0.15) is 19.0 Å². The fourth-order valence-corrected chi connectivity index (χ4v) is 2.51. The molecular formula is C15H12FN3O2. The van der Waals surface area contributed by atoms with Crippen molar-refractivity contribution >= 4 is 17.0 Å². The number of aromatic nitrogens is 2.